The van der Waals surface area contributed by atoms with E-state index in [1.165, 1.54) is 18.4 Å². The number of hydrogen-bond donors (Lipinski definition) is 1. The van der Waals surface area contributed by atoms with Gasteiger partial charge in [0.05, 0.1) is 0 Å². The Labute approximate surface area is 134 Å². The summed E-state index contributed by atoms with van der Waals surface area (Å²) in [7, 11) is 2.21. The highest BCUT2D eigenvalue weighted by Gasteiger charge is 2.38. The van der Waals surface area contributed by atoms with Gasteiger partial charge in [-0.25, -0.2) is 4.98 Å². The van der Waals surface area contributed by atoms with Gasteiger partial charge >= 0.3 is 0 Å². The maximum Gasteiger partial charge on any atom is 0.142 e. The highest BCUT2D eigenvalue weighted by Crippen LogP contribution is 2.46. The molecule has 22 heavy (non-hydrogen) atoms. The molecule has 0 amide bonds. The fourth-order valence-electron chi connectivity index (χ4n) is 4.03. The molecule has 5 heteroatoms. The second kappa shape index (κ2) is 5.08. The zero-order valence-corrected chi connectivity index (χ0v) is 13.4. The molecule has 2 aliphatic heterocycles. The van der Waals surface area contributed by atoms with Crippen LogP contribution in [-0.2, 0) is 6.42 Å². The first-order chi connectivity index (χ1) is 10.7. The molecule has 0 aliphatic carbocycles. The van der Waals surface area contributed by atoms with E-state index in [-0.39, 0.29) is 0 Å². The molecule has 2 aromatic rings. The van der Waals surface area contributed by atoms with Gasteiger partial charge in [-0.15, -0.1) is 0 Å². The zero-order valence-electron chi connectivity index (χ0n) is 12.5. The van der Waals surface area contributed by atoms with Crippen molar-refractivity contribution in [2.24, 2.45) is 0 Å². The largest absolute Gasteiger partial charge is 0.383 e. The number of nitrogens with two attached hydrogens (primary N) is 1. The van der Waals surface area contributed by atoms with Crippen molar-refractivity contribution in [3.05, 3.63) is 33.6 Å². The van der Waals surface area contributed by atoms with Crippen molar-refractivity contribution in [3.8, 4) is 17.2 Å². The molecular formula is C17H18N4S. The number of nitriles is 1. The van der Waals surface area contributed by atoms with E-state index in [2.05, 4.69) is 39.8 Å². The van der Waals surface area contributed by atoms with E-state index in [1.54, 1.807) is 11.3 Å². The van der Waals surface area contributed by atoms with Gasteiger partial charge in [-0.2, -0.15) is 16.6 Å². The summed E-state index contributed by atoms with van der Waals surface area (Å²) in [6, 6.07) is 5.28. The number of nitrogen functional groups attached to an aromatic ring is 1. The van der Waals surface area contributed by atoms with Crippen LogP contribution in [0.2, 0.25) is 0 Å². The van der Waals surface area contributed by atoms with Gasteiger partial charge in [0.15, 0.2) is 0 Å². The smallest absolute Gasteiger partial charge is 0.142 e. The second-order valence-electron chi connectivity index (χ2n) is 6.20. The molecule has 2 aromatic heterocycles. The Kier molecular flexibility index (Phi) is 3.17. The summed E-state index contributed by atoms with van der Waals surface area (Å²) >= 11 is 1.65. The number of pyridine rings is 1. The molecule has 0 spiro atoms. The average molecular weight is 310 g/mol. The normalized spacial score (nSPS) is 23.8. The predicted octanol–water partition coefficient (Wildman–Crippen LogP) is 3.35. The molecule has 4 rings (SSSR count). The van der Waals surface area contributed by atoms with Gasteiger partial charge in [0.2, 0.25) is 0 Å². The van der Waals surface area contributed by atoms with E-state index in [0.29, 0.717) is 23.5 Å². The Bertz CT molecular complexity index is 760. The number of fused-ring (bicyclic) bond motifs is 4. The monoisotopic (exact) mass is 310 g/mol. The average Bonchev–Trinajstić information content (AvgIpc) is 3.01. The third kappa shape index (κ3) is 1.88. The molecule has 1 saturated heterocycles. The summed E-state index contributed by atoms with van der Waals surface area (Å²) in [6.45, 7) is 0. The SMILES string of the molecule is CN1[C@H]2CCC[C@@H]1c1c(nc(N)c(C#N)c1-c1ccsc1)C2. The quantitative estimate of drug-likeness (QED) is 0.877. The van der Waals surface area contributed by atoms with Crippen molar-refractivity contribution >= 4 is 17.2 Å². The number of hydrogen-bond acceptors (Lipinski definition) is 5. The van der Waals surface area contributed by atoms with Crippen LogP contribution in [0.4, 0.5) is 5.82 Å². The predicted molar refractivity (Wildman–Crippen MR) is 88.5 cm³/mol. The molecule has 0 aromatic carbocycles. The Morgan fingerprint density at radius 1 is 1.45 bits per heavy atom. The van der Waals surface area contributed by atoms with Crippen LogP contribution < -0.4 is 5.73 Å². The number of rotatable bonds is 1. The Morgan fingerprint density at radius 2 is 2.32 bits per heavy atom. The van der Waals surface area contributed by atoms with Crippen molar-refractivity contribution in [2.45, 2.75) is 37.8 Å². The van der Waals surface area contributed by atoms with Crippen molar-refractivity contribution < 1.29 is 0 Å². The second-order valence-corrected chi connectivity index (χ2v) is 6.98. The molecule has 0 saturated carbocycles. The van der Waals surface area contributed by atoms with Crippen LogP contribution in [-0.4, -0.2) is 23.0 Å². The van der Waals surface area contributed by atoms with Crippen LogP contribution in [0.25, 0.3) is 11.1 Å². The van der Waals surface area contributed by atoms with Crippen LogP contribution in [0.5, 0.6) is 0 Å². The van der Waals surface area contributed by atoms with Crippen molar-refractivity contribution in [2.75, 3.05) is 12.8 Å². The molecule has 4 heterocycles. The number of likely N-dealkylation sites (N-methyl/N-ethyl adjacent to an activating group) is 1. The molecule has 1 fully saturated rings. The van der Waals surface area contributed by atoms with Crippen LogP contribution in [0.3, 0.4) is 0 Å². The van der Waals surface area contributed by atoms with E-state index < -0.39 is 0 Å². The molecule has 2 N–H and O–H groups in total. The maximum atomic E-state index is 9.61. The first-order valence-electron chi connectivity index (χ1n) is 7.67. The van der Waals surface area contributed by atoms with Gasteiger partial charge < -0.3 is 5.73 Å². The highest BCUT2D eigenvalue weighted by molar-refractivity contribution is 7.08. The van der Waals surface area contributed by atoms with E-state index >= 15 is 0 Å². The van der Waals surface area contributed by atoms with Gasteiger partial charge in [0, 0.05) is 35.3 Å². The van der Waals surface area contributed by atoms with Gasteiger partial charge in [-0.05, 0) is 48.7 Å². The van der Waals surface area contributed by atoms with Gasteiger partial charge in [-0.1, -0.05) is 0 Å². The summed E-state index contributed by atoms with van der Waals surface area (Å²) in [5, 5.41) is 13.8. The molecule has 0 unspecified atom stereocenters. The maximum absolute atomic E-state index is 9.61. The van der Waals surface area contributed by atoms with Gasteiger partial charge in [0.25, 0.3) is 0 Å². The minimum atomic E-state index is 0.359. The van der Waals surface area contributed by atoms with Gasteiger partial charge in [0.1, 0.15) is 17.5 Å². The first kappa shape index (κ1) is 13.7. The lowest BCUT2D eigenvalue weighted by molar-refractivity contribution is 0.0988. The summed E-state index contributed by atoms with van der Waals surface area (Å²) in [6.07, 6.45) is 4.54. The fourth-order valence-corrected chi connectivity index (χ4v) is 4.68. The minimum absolute atomic E-state index is 0.359. The third-order valence-electron chi connectivity index (χ3n) is 5.11. The molecule has 2 bridgehead atoms. The highest BCUT2D eigenvalue weighted by atomic mass is 32.1. The van der Waals surface area contributed by atoms with Gasteiger partial charge in [-0.3, -0.25) is 4.90 Å². The topological polar surface area (TPSA) is 65.9 Å². The Morgan fingerprint density at radius 3 is 3.05 bits per heavy atom. The fraction of sp³-hybridized carbons (Fsp3) is 0.412. The number of thiophene rings is 1. The van der Waals surface area contributed by atoms with E-state index in [0.717, 1.165) is 29.7 Å². The third-order valence-corrected chi connectivity index (χ3v) is 5.79. The van der Waals surface area contributed by atoms with Crippen LogP contribution in [0.1, 0.15) is 42.1 Å². The van der Waals surface area contributed by atoms with E-state index in [4.69, 9.17) is 5.73 Å². The molecule has 4 nitrogen and oxygen atoms in total. The van der Waals surface area contributed by atoms with Crippen LogP contribution in [0.15, 0.2) is 16.8 Å². The lowest BCUT2D eigenvalue weighted by Crippen LogP contribution is -2.45. The number of piperidine rings is 1. The summed E-state index contributed by atoms with van der Waals surface area (Å²) in [5.41, 5.74) is 11.1. The molecule has 112 valence electrons. The molecular weight excluding hydrogens is 292 g/mol. The lowest BCUT2D eigenvalue weighted by Gasteiger charge is -2.45. The van der Waals surface area contributed by atoms with E-state index in [1.807, 2.05) is 0 Å². The van der Waals surface area contributed by atoms with E-state index in [9.17, 15) is 5.26 Å². The Hall–Kier alpha value is -1.90. The molecule has 2 atom stereocenters. The lowest BCUT2D eigenvalue weighted by atomic mass is 9.79. The van der Waals surface area contributed by atoms with Crippen molar-refractivity contribution in [1.82, 2.24) is 9.88 Å². The minimum Gasteiger partial charge on any atom is -0.383 e. The number of aromatic nitrogens is 1. The number of anilines is 1. The Balaban J connectivity index is 2.03. The summed E-state index contributed by atoms with van der Waals surface area (Å²) < 4.78 is 0. The van der Waals surface area contributed by atoms with Crippen molar-refractivity contribution in [1.29, 1.82) is 5.26 Å². The zero-order chi connectivity index (χ0) is 15.3. The molecule has 2 aliphatic rings. The first-order valence-corrected chi connectivity index (χ1v) is 8.61. The van der Waals surface area contributed by atoms with Crippen LogP contribution >= 0.6 is 11.3 Å². The molecule has 0 radical (unpaired) electrons. The summed E-state index contributed by atoms with van der Waals surface area (Å²) in [4.78, 5) is 7.08. The standard InChI is InChI=1S/C17H18N4S/c1-21-11-3-2-4-14(21)16-13(7-11)20-17(19)12(8-18)15(16)10-5-6-22-9-10/h5-6,9,11,14H,2-4,7H2,1H3,(H2,19,20)/t11-,14+/m0/s1. The summed E-state index contributed by atoms with van der Waals surface area (Å²) in [5.74, 6) is 0.380. The van der Waals surface area contributed by atoms with Crippen LogP contribution in [0, 0.1) is 11.3 Å². The van der Waals surface area contributed by atoms with Crippen molar-refractivity contribution in [3.63, 3.8) is 0 Å². The number of nitrogens with zero attached hydrogens (tertiary/aromatic N) is 3.